The fourth-order valence-electron chi connectivity index (χ4n) is 11.2. The quantitative estimate of drug-likeness (QED) is 0.267. The molecule has 0 radical (unpaired) electrons. The van der Waals surface area contributed by atoms with E-state index in [1.807, 2.05) is 0 Å². The highest BCUT2D eigenvalue weighted by molar-refractivity contribution is 5.79. The first-order valence-corrected chi connectivity index (χ1v) is 21.2. The van der Waals surface area contributed by atoms with Gasteiger partial charge in [-0.15, -0.1) is 0 Å². The van der Waals surface area contributed by atoms with Gasteiger partial charge in [0.1, 0.15) is 36.3 Å². The van der Waals surface area contributed by atoms with Crippen LogP contribution in [0.25, 0.3) is 0 Å². The maximum absolute atomic E-state index is 13.7. The zero-order valence-corrected chi connectivity index (χ0v) is 32.5. The molecule has 0 saturated carbocycles. The molecule has 10 fully saturated rings. The molecule has 0 amide bonds. The highest BCUT2D eigenvalue weighted by atomic mass is 16.8. The van der Waals surface area contributed by atoms with Gasteiger partial charge in [0.15, 0.2) is 5.79 Å². The van der Waals surface area contributed by atoms with E-state index in [2.05, 4.69) is 32.3 Å². The van der Waals surface area contributed by atoms with Crippen molar-refractivity contribution in [1.82, 2.24) is 5.32 Å². The standard InChI is InChI=1S/C42H63NO11/c1-22-6-7-27(47-24(22)3)8-10-32-23(2)16-29(49-32)12-13-42-20-35-38(53-42)39-40(52-35)41(54-42)37-33(51-39)11-9-28(50-37)17-26(44)18-31-25(4)48-34(36(31)45-5)19-30-21-43-14-15-46-30/h24-25,27-41,43H,1-2,6-21H2,3-5H3/t24-,25+,27-,28-,29+,30+,31+,32+,33+,34-,35-,36-,37+,38+,39+,40?,41+,42+/m1/s1. The Morgan fingerprint density at radius 1 is 0.815 bits per heavy atom. The summed E-state index contributed by atoms with van der Waals surface area (Å²) in [6.45, 7) is 15.1. The third-order valence-corrected chi connectivity index (χ3v) is 14.2. The molecule has 12 heteroatoms. The summed E-state index contributed by atoms with van der Waals surface area (Å²) in [4.78, 5) is 13.7. The van der Waals surface area contributed by atoms with Crippen molar-refractivity contribution in [3.8, 4) is 0 Å². The number of hydrogen-bond donors (Lipinski definition) is 1. The summed E-state index contributed by atoms with van der Waals surface area (Å²) in [6, 6.07) is 0. The van der Waals surface area contributed by atoms with Gasteiger partial charge in [0.05, 0.1) is 73.8 Å². The minimum atomic E-state index is -0.770. The van der Waals surface area contributed by atoms with Crippen molar-refractivity contribution in [3.63, 3.8) is 0 Å². The number of ketones is 1. The molecule has 0 spiro atoms. The summed E-state index contributed by atoms with van der Waals surface area (Å²) in [6.07, 6.45) is 8.85. The number of carbonyl (C=O) groups excluding carboxylic acids is 1. The van der Waals surface area contributed by atoms with E-state index in [0.717, 1.165) is 70.9 Å². The molecular weight excluding hydrogens is 694 g/mol. The molecule has 10 heterocycles. The molecule has 0 aromatic rings. The molecule has 1 N–H and O–H groups in total. The lowest BCUT2D eigenvalue weighted by atomic mass is 9.85. The summed E-state index contributed by atoms with van der Waals surface area (Å²) < 4.78 is 64.9. The lowest BCUT2D eigenvalue weighted by molar-refractivity contribution is -0.292. The first-order valence-electron chi connectivity index (χ1n) is 21.2. The summed E-state index contributed by atoms with van der Waals surface area (Å²) in [5.74, 6) is -0.603. The van der Waals surface area contributed by atoms with Crippen LogP contribution >= 0.6 is 0 Å². The molecule has 0 aliphatic carbocycles. The monoisotopic (exact) mass is 757 g/mol. The molecule has 302 valence electrons. The first-order chi connectivity index (χ1) is 26.1. The maximum Gasteiger partial charge on any atom is 0.172 e. The molecule has 1 unspecified atom stereocenters. The van der Waals surface area contributed by atoms with Gasteiger partial charge in [-0.05, 0) is 76.4 Å². The van der Waals surface area contributed by atoms with Crippen LogP contribution in [0.1, 0.15) is 97.3 Å². The SMILES string of the molecule is C=C1C[C@H](CC[C@@]23C[C@H]4OC5[C@@H](O[C@H]6CC[C@H](CC(=O)C[C@@H]7[C@@H](OC)[C@@H](C[C@H]8CNCCO8)O[C@H]7C)O[C@@H]6[C@@H]5O2)[C@H]4O3)O[C@H]1CC[C@H]1CCC(=C)[C@@H](C)O1. The number of hydrogen-bond acceptors (Lipinski definition) is 12. The van der Waals surface area contributed by atoms with Crippen molar-refractivity contribution < 1.29 is 52.2 Å². The van der Waals surface area contributed by atoms with Gasteiger partial charge in [-0.3, -0.25) is 4.79 Å². The zero-order valence-electron chi connectivity index (χ0n) is 32.5. The average Bonchev–Trinajstić information content (AvgIpc) is 3.83. The van der Waals surface area contributed by atoms with Gasteiger partial charge in [0.2, 0.25) is 0 Å². The van der Waals surface area contributed by atoms with Crippen LogP contribution < -0.4 is 5.32 Å². The van der Waals surface area contributed by atoms with E-state index in [1.165, 1.54) is 11.1 Å². The number of carbonyl (C=O) groups is 1. The maximum atomic E-state index is 13.7. The third kappa shape index (κ3) is 7.56. The van der Waals surface area contributed by atoms with Crippen molar-refractivity contribution in [2.24, 2.45) is 5.92 Å². The summed E-state index contributed by atoms with van der Waals surface area (Å²) >= 11 is 0. The van der Waals surface area contributed by atoms with E-state index < -0.39 is 5.79 Å². The van der Waals surface area contributed by atoms with Gasteiger partial charge >= 0.3 is 0 Å². The van der Waals surface area contributed by atoms with E-state index in [4.69, 9.17) is 47.4 Å². The van der Waals surface area contributed by atoms with Crippen molar-refractivity contribution in [2.45, 2.75) is 201 Å². The summed E-state index contributed by atoms with van der Waals surface area (Å²) in [5.41, 5.74) is 2.36. The molecule has 0 aromatic carbocycles. The van der Waals surface area contributed by atoms with Crippen molar-refractivity contribution in [2.75, 3.05) is 26.8 Å². The number of morpholine rings is 1. The zero-order chi connectivity index (χ0) is 37.1. The Labute approximate surface area is 320 Å². The second kappa shape index (κ2) is 15.8. The van der Waals surface area contributed by atoms with E-state index in [9.17, 15) is 4.79 Å². The van der Waals surface area contributed by atoms with Crippen LogP contribution in [-0.4, -0.2) is 136 Å². The Morgan fingerprint density at radius 3 is 2.46 bits per heavy atom. The predicted molar refractivity (Wildman–Crippen MR) is 196 cm³/mol. The van der Waals surface area contributed by atoms with Crippen LogP contribution in [0.2, 0.25) is 0 Å². The second-order valence-corrected chi connectivity index (χ2v) is 17.8. The molecule has 54 heavy (non-hydrogen) atoms. The Bertz CT molecular complexity index is 1390. The van der Waals surface area contributed by atoms with Gasteiger partial charge in [-0.1, -0.05) is 13.2 Å². The molecule has 12 nitrogen and oxygen atoms in total. The minimum Gasteiger partial charge on any atom is -0.378 e. The third-order valence-electron chi connectivity index (χ3n) is 14.2. The molecule has 0 aromatic heterocycles. The summed E-state index contributed by atoms with van der Waals surface area (Å²) in [7, 11) is 1.72. The Morgan fingerprint density at radius 2 is 1.65 bits per heavy atom. The normalized spacial score (nSPS) is 49.7. The lowest BCUT2D eigenvalue weighted by Gasteiger charge is -2.47. The summed E-state index contributed by atoms with van der Waals surface area (Å²) in [5, 5.41) is 3.39. The van der Waals surface area contributed by atoms with E-state index >= 15 is 0 Å². The number of Topliss-reactive ketones (excluding diaryl/α,β-unsaturated/α-hetero) is 1. The Balaban J connectivity index is 0.789. The van der Waals surface area contributed by atoms with Gasteiger partial charge < -0.3 is 52.7 Å². The van der Waals surface area contributed by atoms with Crippen LogP contribution in [0.3, 0.4) is 0 Å². The molecule has 10 aliphatic rings. The number of fused-ring (bicyclic) bond motifs is 1. The number of nitrogens with one attached hydrogen (secondary N) is 1. The van der Waals surface area contributed by atoms with E-state index in [-0.39, 0.29) is 109 Å². The van der Waals surface area contributed by atoms with Crippen LogP contribution in [0.4, 0.5) is 0 Å². The van der Waals surface area contributed by atoms with Crippen molar-refractivity contribution in [1.29, 1.82) is 0 Å². The van der Waals surface area contributed by atoms with E-state index in [1.54, 1.807) is 7.11 Å². The topological polar surface area (TPSA) is 121 Å². The molecule has 18 atom stereocenters. The van der Waals surface area contributed by atoms with Crippen molar-refractivity contribution >= 4 is 5.78 Å². The molecule has 10 aliphatic heterocycles. The van der Waals surface area contributed by atoms with Crippen LogP contribution in [0, 0.1) is 5.92 Å². The second-order valence-electron chi connectivity index (χ2n) is 17.8. The van der Waals surface area contributed by atoms with Crippen LogP contribution in [0.15, 0.2) is 24.3 Å². The Kier molecular flexibility index (Phi) is 11.2. The first kappa shape index (κ1) is 38.2. The Hall–Kier alpha value is -1.29. The number of methoxy groups -OCH3 is 1. The van der Waals surface area contributed by atoms with Gasteiger partial charge in [-0.25, -0.2) is 0 Å². The van der Waals surface area contributed by atoms with Gasteiger partial charge in [0.25, 0.3) is 0 Å². The minimum absolute atomic E-state index is 0.0103. The number of ether oxygens (including phenoxy) is 10. The largest absolute Gasteiger partial charge is 0.378 e. The average molecular weight is 758 g/mol. The van der Waals surface area contributed by atoms with Crippen LogP contribution in [0.5, 0.6) is 0 Å². The predicted octanol–water partition coefficient (Wildman–Crippen LogP) is 4.50. The molecule has 10 rings (SSSR count). The van der Waals surface area contributed by atoms with Crippen molar-refractivity contribution in [3.05, 3.63) is 24.3 Å². The lowest BCUT2D eigenvalue weighted by Crippen LogP contribution is -2.61. The van der Waals surface area contributed by atoms with E-state index in [0.29, 0.717) is 32.3 Å². The fourth-order valence-corrected chi connectivity index (χ4v) is 11.2. The highest BCUT2D eigenvalue weighted by Gasteiger charge is 2.68. The number of rotatable bonds is 13. The molecular formula is C42H63NO11. The fraction of sp³-hybridized carbons (Fsp3) is 0.881. The van der Waals surface area contributed by atoms with Gasteiger partial charge in [0, 0.05) is 58.2 Å². The molecule has 10 saturated heterocycles. The van der Waals surface area contributed by atoms with Gasteiger partial charge in [-0.2, -0.15) is 0 Å². The van der Waals surface area contributed by atoms with Crippen LogP contribution in [-0.2, 0) is 52.2 Å². The molecule has 6 bridgehead atoms. The highest BCUT2D eigenvalue weighted by Crippen LogP contribution is 2.54. The smallest absolute Gasteiger partial charge is 0.172 e.